The van der Waals surface area contributed by atoms with Crippen molar-refractivity contribution in [2.45, 2.75) is 19.1 Å². The summed E-state index contributed by atoms with van der Waals surface area (Å²) in [5.74, 6) is -2.82. The molecular weight excluding hydrogens is 459 g/mol. The van der Waals surface area contributed by atoms with E-state index in [0.717, 1.165) is 0 Å². The molecule has 176 valence electrons. The van der Waals surface area contributed by atoms with Crippen molar-refractivity contribution >= 4 is 23.0 Å². The Bertz CT molecular complexity index is 1370. The largest absolute Gasteiger partial charge is 0.419 e. The number of carbonyl (C=O) groups excluding carboxylic acids is 1. The van der Waals surface area contributed by atoms with E-state index >= 15 is 0 Å². The fourth-order valence-corrected chi connectivity index (χ4v) is 4.34. The zero-order valence-corrected chi connectivity index (χ0v) is 17.5. The number of hydrogen-bond donors (Lipinski definition) is 2. The summed E-state index contributed by atoms with van der Waals surface area (Å²) in [5, 5.41) is 3.14. The zero-order chi connectivity index (χ0) is 24.2. The van der Waals surface area contributed by atoms with E-state index in [0.29, 0.717) is 47.7 Å². The number of pyridine rings is 1. The maximum Gasteiger partial charge on any atom is 0.419 e. The van der Waals surface area contributed by atoms with E-state index in [1.807, 2.05) is 0 Å². The Morgan fingerprint density at radius 3 is 2.41 bits per heavy atom. The molecule has 0 fully saturated rings. The maximum atomic E-state index is 14.6. The van der Waals surface area contributed by atoms with Crippen LogP contribution in [0.1, 0.15) is 27.2 Å². The Kier molecular flexibility index (Phi) is 5.16. The van der Waals surface area contributed by atoms with Gasteiger partial charge in [0, 0.05) is 37.0 Å². The Morgan fingerprint density at radius 2 is 1.65 bits per heavy atom. The van der Waals surface area contributed by atoms with Crippen LogP contribution in [0.25, 0.3) is 0 Å². The summed E-state index contributed by atoms with van der Waals surface area (Å²) < 4.78 is 69.0. The summed E-state index contributed by atoms with van der Waals surface area (Å²) in [6.45, 7) is 0.376. The highest BCUT2D eigenvalue weighted by Crippen LogP contribution is 2.42. The van der Waals surface area contributed by atoms with Crippen LogP contribution < -0.4 is 20.7 Å². The smallest absolute Gasteiger partial charge is 0.324 e. The lowest BCUT2D eigenvalue weighted by Gasteiger charge is -2.39. The number of halogens is 5. The second-order valence-corrected chi connectivity index (χ2v) is 8.04. The molecule has 2 N–H and O–H groups in total. The molecule has 5 rings (SSSR count). The second-order valence-electron chi connectivity index (χ2n) is 8.04. The minimum Gasteiger partial charge on any atom is -0.324 e. The summed E-state index contributed by atoms with van der Waals surface area (Å²) in [4.78, 5) is 30.7. The highest BCUT2D eigenvalue weighted by atomic mass is 19.4. The molecule has 3 heterocycles. The number of anilines is 3. The van der Waals surface area contributed by atoms with Crippen LogP contribution in [0, 0.1) is 11.6 Å². The van der Waals surface area contributed by atoms with E-state index in [9.17, 15) is 31.5 Å². The molecular formula is C23H17F5N4O2. The number of H-pyrrole nitrogens is 1. The molecule has 2 aliphatic heterocycles. The third-order valence-corrected chi connectivity index (χ3v) is 5.91. The van der Waals surface area contributed by atoms with Crippen LogP contribution in [0.5, 0.6) is 0 Å². The van der Waals surface area contributed by atoms with Gasteiger partial charge in [0.1, 0.15) is 18.3 Å². The van der Waals surface area contributed by atoms with Gasteiger partial charge in [0.15, 0.2) is 0 Å². The molecule has 1 amide bonds. The van der Waals surface area contributed by atoms with E-state index in [1.54, 1.807) is 0 Å². The molecule has 0 spiro atoms. The average Bonchev–Trinajstić information content (AvgIpc) is 2.79. The molecule has 0 aliphatic carbocycles. The van der Waals surface area contributed by atoms with Crippen LogP contribution >= 0.6 is 0 Å². The SMILES string of the molecule is O=C1c2cc(C(F)(F)F)c(F)cc2N2CN1c1ccc(=O)[nH]c1CCNCc1cc(F)ccc12. The fourth-order valence-electron chi connectivity index (χ4n) is 4.34. The summed E-state index contributed by atoms with van der Waals surface area (Å²) in [7, 11) is 0. The number of aromatic nitrogens is 1. The van der Waals surface area contributed by atoms with Crippen LogP contribution in [0.2, 0.25) is 0 Å². The third-order valence-electron chi connectivity index (χ3n) is 5.91. The zero-order valence-electron chi connectivity index (χ0n) is 17.5. The van der Waals surface area contributed by atoms with Crippen molar-refractivity contribution in [3.05, 3.63) is 86.8 Å². The van der Waals surface area contributed by atoms with E-state index in [4.69, 9.17) is 0 Å². The number of amides is 1. The molecule has 2 aromatic carbocycles. The number of carbonyl (C=O) groups is 1. The van der Waals surface area contributed by atoms with Crippen LogP contribution in [0.3, 0.4) is 0 Å². The monoisotopic (exact) mass is 476 g/mol. The number of rotatable bonds is 0. The molecule has 0 radical (unpaired) electrons. The minimum absolute atomic E-state index is 0.0650. The van der Waals surface area contributed by atoms with Gasteiger partial charge in [-0.05, 0) is 42.0 Å². The molecule has 11 heteroatoms. The van der Waals surface area contributed by atoms with Gasteiger partial charge in [-0.1, -0.05) is 0 Å². The molecule has 2 aliphatic rings. The van der Waals surface area contributed by atoms with Crippen LogP contribution in [0.4, 0.5) is 39.0 Å². The van der Waals surface area contributed by atoms with Crippen molar-refractivity contribution in [3.63, 3.8) is 0 Å². The normalized spacial score (nSPS) is 15.9. The Balaban J connectivity index is 1.79. The van der Waals surface area contributed by atoms with Gasteiger partial charge < -0.3 is 15.2 Å². The molecule has 3 aromatic rings. The fraction of sp³-hybridized carbons (Fsp3) is 0.217. The van der Waals surface area contributed by atoms with Gasteiger partial charge in [-0.25, -0.2) is 8.78 Å². The second kappa shape index (κ2) is 7.94. The predicted molar refractivity (Wildman–Crippen MR) is 114 cm³/mol. The number of hydrogen-bond acceptors (Lipinski definition) is 4. The van der Waals surface area contributed by atoms with Crippen molar-refractivity contribution in [2.24, 2.45) is 0 Å². The number of nitrogens with zero attached hydrogens (tertiary/aromatic N) is 2. The summed E-state index contributed by atoms with van der Waals surface area (Å²) in [5.41, 5.74) is -0.794. The van der Waals surface area contributed by atoms with Gasteiger partial charge in [0.2, 0.25) is 5.56 Å². The van der Waals surface area contributed by atoms with Gasteiger partial charge >= 0.3 is 6.18 Å². The van der Waals surface area contributed by atoms with Gasteiger partial charge in [0.05, 0.1) is 22.5 Å². The van der Waals surface area contributed by atoms with Crippen LogP contribution in [-0.2, 0) is 19.1 Å². The first-order chi connectivity index (χ1) is 16.1. The molecule has 2 bridgehead atoms. The van der Waals surface area contributed by atoms with E-state index in [2.05, 4.69) is 10.3 Å². The Hall–Kier alpha value is -3.73. The van der Waals surface area contributed by atoms with Gasteiger partial charge in [-0.3, -0.25) is 14.5 Å². The quantitative estimate of drug-likeness (QED) is 0.480. The van der Waals surface area contributed by atoms with Gasteiger partial charge in [0.25, 0.3) is 5.91 Å². The lowest BCUT2D eigenvalue weighted by Crippen LogP contribution is -2.46. The summed E-state index contributed by atoms with van der Waals surface area (Å²) in [6, 6.07) is 7.72. The van der Waals surface area contributed by atoms with Gasteiger partial charge in [-0.2, -0.15) is 13.2 Å². The maximum absolute atomic E-state index is 14.6. The van der Waals surface area contributed by atoms with Crippen LogP contribution in [-0.4, -0.2) is 24.1 Å². The van der Waals surface area contributed by atoms with E-state index in [-0.39, 0.29) is 24.5 Å². The third kappa shape index (κ3) is 3.71. The van der Waals surface area contributed by atoms with Gasteiger partial charge in [-0.15, -0.1) is 0 Å². The van der Waals surface area contributed by atoms with Crippen LogP contribution in [0.15, 0.2) is 47.3 Å². The van der Waals surface area contributed by atoms with E-state index in [1.165, 1.54) is 40.1 Å². The van der Waals surface area contributed by atoms with E-state index < -0.39 is 34.8 Å². The van der Waals surface area contributed by atoms with Crippen molar-refractivity contribution in [1.82, 2.24) is 10.3 Å². The molecule has 0 atom stereocenters. The number of benzene rings is 2. The predicted octanol–water partition coefficient (Wildman–Crippen LogP) is 4.07. The summed E-state index contributed by atoms with van der Waals surface area (Å²) in [6.07, 6.45) is -4.71. The lowest BCUT2D eigenvalue weighted by molar-refractivity contribution is -0.140. The number of nitrogens with one attached hydrogen (secondary N) is 2. The number of aromatic amines is 1. The van der Waals surface area contributed by atoms with Crippen molar-refractivity contribution in [2.75, 3.05) is 23.0 Å². The molecule has 0 saturated carbocycles. The first-order valence-electron chi connectivity index (χ1n) is 10.3. The Labute approximate surface area is 189 Å². The molecule has 0 unspecified atom stereocenters. The first-order valence-corrected chi connectivity index (χ1v) is 10.3. The topological polar surface area (TPSA) is 68.4 Å². The molecule has 0 saturated heterocycles. The standard InChI is InChI=1S/C23H17F5N4O2/c24-13-1-2-18-12(7-13)10-29-6-5-17-19(3-4-21(33)30-17)32-11-31(18)20-9-16(25)15(23(26,27)28)8-14(20)22(32)34/h1-4,7-9,29H,5-6,10-11H2,(H,30,33). The Morgan fingerprint density at radius 1 is 0.882 bits per heavy atom. The summed E-state index contributed by atoms with van der Waals surface area (Å²) >= 11 is 0. The molecule has 1 aromatic heterocycles. The minimum atomic E-state index is -5.01. The van der Waals surface area contributed by atoms with Crippen molar-refractivity contribution in [1.29, 1.82) is 0 Å². The van der Waals surface area contributed by atoms with Crippen molar-refractivity contribution in [3.8, 4) is 0 Å². The average molecular weight is 476 g/mol. The lowest BCUT2D eigenvalue weighted by atomic mass is 10.0. The molecule has 34 heavy (non-hydrogen) atoms. The molecule has 6 nitrogen and oxygen atoms in total. The van der Waals surface area contributed by atoms with Crippen molar-refractivity contribution < 1.29 is 26.7 Å². The highest BCUT2D eigenvalue weighted by molar-refractivity contribution is 6.13. The first kappa shape index (κ1) is 22.1. The number of alkyl halides is 3. The highest BCUT2D eigenvalue weighted by Gasteiger charge is 2.40. The number of fused-ring (bicyclic) bond motifs is 8.